The molecule has 24 nitrogen and oxygen atoms in total. The highest BCUT2D eigenvalue weighted by molar-refractivity contribution is 7.90. The van der Waals surface area contributed by atoms with Gasteiger partial charge in [-0.3, -0.25) is 62.3 Å². The highest BCUT2D eigenvalue weighted by atomic mass is 32.2. The van der Waals surface area contributed by atoms with Gasteiger partial charge in [0.1, 0.15) is 29.9 Å². The van der Waals surface area contributed by atoms with E-state index in [0.717, 1.165) is 42.3 Å². The lowest BCUT2D eigenvalue weighted by molar-refractivity contribution is -0.136. The molecule has 1 unspecified atom stereocenters. The number of anilines is 2. The van der Waals surface area contributed by atoms with Crippen molar-refractivity contribution in [1.82, 2.24) is 35.4 Å². The Labute approximate surface area is 457 Å². The van der Waals surface area contributed by atoms with Crippen molar-refractivity contribution in [3.05, 3.63) is 123 Å². The number of aromatic amines is 1. The molecule has 3 aliphatic rings. The van der Waals surface area contributed by atoms with Gasteiger partial charge in [0.15, 0.2) is 9.84 Å². The van der Waals surface area contributed by atoms with Crippen molar-refractivity contribution < 1.29 is 61.1 Å². The molecule has 7 amide bonds. The number of nitrogens with two attached hydrogens (primary N) is 1. The second-order valence-electron chi connectivity index (χ2n) is 20.4. The fraction of sp³-hybridized carbons (Fsp3) is 0.352. The SMILES string of the molecule is Cn1c(=O)n(C2CCC(=O)NC2=O)c2ccc(NCCCCCc3cc4c5c(c3)C[C@@H](C(=O)N[C@@H](CCC(N)=O)C(=O)NCc3ccc(S(C)(=O)=O)cc3)N5C(=O)[C@@H](NC(=O)c3cc5cc(C(=O)P(=O)(O)O)ccc5[nH]3)CC4)cc21. The highest BCUT2D eigenvalue weighted by Gasteiger charge is 2.45. The predicted octanol–water partition coefficient (Wildman–Crippen LogP) is 2.41. The van der Waals surface area contributed by atoms with Crippen LogP contribution in [0.3, 0.4) is 0 Å². The zero-order valence-electron chi connectivity index (χ0n) is 43.6. The third kappa shape index (κ3) is 12.1. The van der Waals surface area contributed by atoms with E-state index in [1.54, 1.807) is 13.1 Å². The number of carbonyl (C=O) groups is 8. The van der Waals surface area contributed by atoms with Gasteiger partial charge in [-0.05, 0) is 122 Å². The van der Waals surface area contributed by atoms with Crippen LogP contribution in [0.2, 0.25) is 0 Å². The van der Waals surface area contributed by atoms with E-state index in [-0.39, 0.29) is 72.8 Å². The number of unbranched alkanes of at least 4 members (excludes halogenated alkanes) is 2. The summed E-state index contributed by atoms with van der Waals surface area (Å²) in [6.45, 7) is 0.555. The molecule has 0 radical (unpaired) electrons. The van der Waals surface area contributed by atoms with Gasteiger partial charge in [0.25, 0.3) is 11.4 Å². The molecule has 26 heteroatoms. The number of carbonyl (C=O) groups excluding carboxylic acids is 8. The van der Waals surface area contributed by atoms with Crippen molar-refractivity contribution in [2.24, 2.45) is 12.8 Å². The summed E-state index contributed by atoms with van der Waals surface area (Å²) in [6, 6.07) is 16.0. The lowest BCUT2D eigenvalue weighted by Gasteiger charge is -2.29. The Kier molecular flexibility index (Phi) is 16.1. The fourth-order valence-corrected chi connectivity index (χ4v) is 11.7. The van der Waals surface area contributed by atoms with Crippen LogP contribution in [0.5, 0.6) is 0 Å². The number of hydrogen-bond acceptors (Lipinski definition) is 13. The largest absolute Gasteiger partial charge is 0.396 e. The summed E-state index contributed by atoms with van der Waals surface area (Å²) < 4.78 is 38.6. The standard InChI is InChI=1S/C54H59N10O14PS/c1-62-43-27-35(11-17-41(43)63(54(62)73)42-18-20-46(66)61-50(42)69)56-21-5-3-4-6-30-22-31-9-15-39(60-49(68)40-25-33-24-32(10-14-37(33)58-40)53(72)79(74,75)76)52(71)64-44(26-34(23-30)47(31)64)51(70)59-38(16-19-45(55)65)48(67)57-28-29-7-12-36(13-8-29)80(2,77)78/h7-8,10-14,17,22-25,27,38-39,42,44,56,58H,3-6,9,15-16,18-21,26,28H2,1-2H3,(H2,55,65)(H,57,67)(H,59,70)(H,60,68)(H,61,66,69)(H2,74,75,76)/t38-,39-,42?,44-/m0/s1. The number of nitrogens with zero attached hydrogens (tertiary/aromatic N) is 3. The lowest BCUT2D eigenvalue weighted by Crippen LogP contribution is -2.57. The van der Waals surface area contributed by atoms with Crippen molar-refractivity contribution in [2.45, 2.75) is 106 Å². The molecule has 1 saturated heterocycles. The molecule has 4 aromatic carbocycles. The van der Waals surface area contributed by atoms with Crippen LogP contribution in [-0.2, 0) is 76.0 Å². The molecular weight excluding hydrogens is 1080 g/mol. The van der Waals surface area contributed by atoms with Crippen LogP contribution in [0.1, 0.15) is 101 Å². The number of hydrogen-bond donors (Lipinski definition) is 9. The summed E-state index contributed by atoms with van der Waals surface area (Å²) in [5, 5.41) is 14.3. The van der Waals surface area contributed by atoms with Gasteiger partial charge in [-0.1, -0.05) is 30.7 Å². The molecule has 9 rings (SSSR count). The first-order chi connectivity index (χ1) is 37.9. The minimum absolute atomic E-state index is 0.0198. The Hall–Kier alpha value is -8.25. The summed E-state index contributed by atoms with van der Waals surface area (Å²) >= 11 is 0. The van der Waals surface area contributed by atoms with Gasteiger partial charge in [0, 0.05) is 67.8 Å². The van der Waals surface area contributed by atoms with E-state index < -0.39 is 82.6 Å². The molecule has 420 valence electrons. The number of primary amides is 1. The zero-order chi connectivity index (χ0) is 57.4. The Morgan fingerprint density at radius 1 is 0.863 bits per heavy atom. The van der Waals surface area contributed by atoms with Crippen LogP contribution >= 0.6 is 7.60 Å². The molecule has 0 saturated carbocycles. The van der Waals surface area contributed by atoms with Gasteiger partial charge in [0.2, 0.25) is 35.4 Å². The van der Waals surface area contributed by atoms with E-state index in [1.807, 2.05) is 24.3 Å². The second kappa shape index (κ2) is 22.8. The van der Waals surface area contributed by atoms with E-state index in [4.69, 9.17) is 5.73 Å². The minimum atomic E-state index is -5.10. The number of H-pyrrole nitrogens is 1. The fourth-order valence-electron chi connectivity index (χ4n) is 10.6. The van der Waals surface area contributed by atoms with Gasteiger partial charge in [0.05, 0.1) is 21.6 Å². The van der Waals surface area contributed by atoms with Gasteiger partial charge >= 0.3 is 13.3 Å². The van der Waals surface area contributed by atoms with Gasteiger partial charge < -0.3 is 41.8 Å². The maximum absolute atomic E-state index is 14.8. The first kappa shape index (κ1) is 56.5. The van der Waals surface area contributed by atoms with Crippen molar-refractivity contribution in [3.8, 4) is 0 Å². The number of imide groups is 1. The van der Waals surface area contributed by atoms with Crippen molar-refractivity contribution in [1.29, 1.82) is 0 Å². The van der Waals surface area contributed by atoms with Crippen LogP contribution < -0.4 is 42.9 Å². The van der Waals surface area contributed by atoms with Crippen molar-refractivity contribution >= 4 is 97.6 Å². The summed E-state index contributed by atoms with van der Waals surface area (Å²) in [5.74, 6) is -4.31. The monoisotopic (exact) mass is 1130 g/mol. The molecule has 6 aromatic rings. The summed E-state index contributed by atoms with van der Waals surface area (Å²) in [4.78, 5) is 142. The van der Waals surface area contributed by atoms with E-state index in [2.05, 4.69) is 31.6 Å². The molecule has 0 aliphatic carbocycles. The Morgan fingerprint density at radius 2 is 1.61 bits per heavy atom. The van der Waals surface area contributed by atoms with E-state index in [9.17, 15) is 65.9 Å². The Bertz CT molecular complexity index is 3770. The van der Waals surface area contributed by atoms with Gasteiger partial charge in [-0.25, -0.2) is 13.2 Å². The van der Waals surface area contributed by atoms with E-state index in [0.29, 0.717) is 58.1 Å². The molecule has 80 heavy (non-hydrogen) atoms. The summed E-state index contributed by atoms with van der Waals surface area (Å²) in [6.07, 6.45) is 4.44. The van der Waals surface area contributed by atoms with Gasteiger partial charge in [-0.2, -0.15) is 0 Å². The topological polar surface area (TPSA) is 360 Å². The van der Waals surface area contributed by atoms with Crippen LogP contribution in [0.4, 0.5) is 11.4 Å². The number of aromatic nitrogens is 3. The summed E-state index contributed by atoms with van der Waals surface area (Å²) in [5.41, 5.74) is 9.26. The predicted molar refractivity (Wildman–Crippen MR) is 292 cm³/mol. The number of rotatable bonds is 21. The number of amides is 7. The number of fused-ring (bicyclic) bond motifs is 2. The molecule has 0 spiro atoms. The minimum Gasteiger partial charge on any atom is -0.385 e. The Balaban J connectivity index is 0.904. The maximum atomic E-state index is 14.8. The molecule has 10 N–H and O–H groups in total. The molecule has 3 aliphatic heterocycles. The van der Waals surface area contributed by atoms with Crippen LogP contribution in [0.15, 0.2) is 88.6 Å². The molecule has 5 heterocycles. The van der Waals surface area contributed by atoms with E-state index in [1.165, 1.54) is 62.6 Å². The van der Waals surface area contributed by atoms with Crippen LogP contribution in [0.25, 0.3) is 21.9 Å². The van der Waals surface area contributed by atoms with Crippen LogP contribution in [0, 0.1) is 0 Å². The maximum Gasteiger partial charge on any atom is 0.396 e. The molecule has 0 bridgehead atoms. The molecular formula is C54H59N10O14PS. The first-order valence-corrected chi connectivity index (χ1v) is 29.4. The number of piperidine rings is 1. The van der Waals surface area contributed by atoms with Crippen LogP contribution in [-0.4, -0.2) is 110 Å². The van der Waals surface area contributed by atoms with Crippen molar-refractivity contribution in [2.75, 3.05) is 23.0 Å². The number of aryl methyl sites for hydroxylation is 3. The smallest absolute Gasteiger partial charge is 0.385 e. The zero-order valence-corrected chi connectivity index (χ0v) is 45.3. The quantitative estimate of drug-likeness (QED) is 0.0284. The molecule has 2 aromatic heterocycles. The number of imidazole rings is 1. The lowest BCUT2D eigenvalue weighted by atomic mass is 9.95. The van der Waals surface area contributed by atoms with Crippen molar-refractivity contribution in [3.63, 3.8) is 0 Å². The Morgan fingerprint density at radius 3 is 2.33 bits per heavy atom. The first-order valence-electron chi connectivity index (χ1n) is 25.9. The normalized spacial score (nSPS) is 17.6. The summed E-state index contributed by atoms with van der Waals surface area (Å²) in [7, 11) is -6.95. The van der Waals surface area contributed by atoms with Gasteiger partial charge in [-0.15, -0.1) is 0 Å². The second-order valence-corrected chi connectivity index (χ2v) is 23.9. The average Bonchev–Trinajstić information content (AvgIpc) is 4.25. The number of nitrogens with one attached hydrogen (secondary N) is 6. The van der Waals surface area contributed by atoms with E-state index >= 15 is 0 Å². The highest BCUT2D eigenvalue weighted by Crippen LogP contribution is 2.42. The molecule has 1 fully saturated rings. The average molecular weight is 1140 g/mol. The molecule has 4 atom stereocenters. The third-order valence-corrected chi connectivity index (χ3v) is 16.6. The third-order valence-electron chi connectivity index (χ3n) is 14.7. The number of benzene rings is 4. The number of sulfone groups is 1.